The van der Waals surface area contributed by atoms with Crippen LogP contribution in [-0.4, -0.2) is 33.9 Å². The van der Waals surface area contributed by atoms with Gasteiger partial charge < -0.3 is 9.73 Å². The Morgan fingerprint density at radius 1 is 1.45 bits per heavy atom. The molecule has 0 bridgehead atoms. The van der Waals surface area contributed by atoms with Gasteiger partial charge in [0.2, 0.25) is 11.8 Å². The molecule has 0 unspecified atom stereocenters. The van der Waals surface area contributed by atoms with Crippen LogP contribution in [0.25, 0.3) is 0 Å². The van der Waals surface area contributed by atoms with E-state index in [1.165, 1.54) is 0 Å². The molecule has 1 aromatic rings. The van der Waals surface area contributed by atoms with Gasteiger partial charge >= 0.3 is 6.03 Å². The Morgan fingerprint density at radius 2 is 2.20 bits per heavy atom. The summed E-state index contributed by atoms with van der Waals surface area (Å²) in [6.45, 7) is 3.83. The van der Waals surface area contributed by atoms with Gasteiger partial charge in [-0.15, -0.1) is 10.2 Å². The number of hydrogen-bond acceptors (Lipinski definition) is 6. The third kappa shape index (κ3) is 4.52. The number of carbonyl (C=O) groups is 2. The average Bonchev–Trinajstić information content (AvgIpc) is 3.15. The SMILES string of the molecule is CC[C@@H](C)NC(=O)NC(=O)CSc1nnc(C2CC2)o1. The van der Waals surface area contributed by atoms with Crippen LogP contribution in [0.3, 0.4) is 0 Å². The molecule has 20 heavy (non-hydrogen) atoms. The number of nitrogens with zero attached hydrogens (tertiary/aromatic N) is 2. The topological polar surface area (TPSA) is 97.1 Å². The molecule has 1 aromatic heterocycles. The molecule has 0 aliphatic heterocycles. The van der Waals surface area contributed by atoms with Crippen molar-refractivity contribution in [1.29, 1.82) is 0 Å². The van der Waals surface area contributed by atoms with Crippen molar-refractivity contribution in [2.75, 3.05) is 5.75 Å². The van der Waals surface area contributed by atoms with Crippen molar-refractivity contribution in [3.05, 3.63) is 5.89 Å². The molecule has 8 heteroatoms. The van der Waals surface area contributed by atoms with E-state index in [9.17, 15) is 9.59 Å². The number of hydrogen-bond donors (Lipinski definition) is 2. The molecule has 2 rings (SSSR count). The highest BCUT2D eigenvalue weighted by Crippen LogP contribution is 2.39. The first-order valence-electron chi connectivity index (χ1n) is 6.65. The van der Waals surface area contributed by atoms with Crippen molar-refractivity contribution in [3.8, 4) is 0 Å². The van der Waals surface area contributed by atoms with Crippen LogP contribution in [0.1, 0.15) is 44.9 Å². The van der Waals surface area contributed by atoms with E-state index in [4.69, 9.17) is 4.42 Å². The zero-order valence-corrected chi connectivity index (χ0v) is 12.3. The Balaban J connectivity index is 1.69. The molecular weight excluding hydrogens is 280 g/mol. The van der Waals surface area contributed by atoms with Crippen molar-refractivity contribution in [2.24, 2.45) is 0 Å². The average molecular weight is 298 g/mol. The minimum absolute atomic E-state index is 0.0347. The van der Waals surface area contributed by atoms with Gasteiger partial charge in [0.25, 0.3) is 5.22 Å². The van der Waals surface area contributed by atoms with Crippen molar-refractivity contribution in [3.63, 3.8) is 0 Å². The van der Waals surface area contributed by atoms with Crippen LogP contribution in [0.15, 0.2) is 9.64 Å². The van der Waals surface area contributed by atoms with Gasteiger partial charge in [0.15, 0.2) is 0 Å². The third-order valence-electron chi connectivity index (χ3n) is 2.92. The highest BCUT2D eigenvalue weighted by Gasteiger charge is 2.29. The van der Waals surface area contributed by atoms with E-state index in [1.54, 1.807) is 0 Å². The summed E-state index contributed by atoms with van der Waals surface area (Å²) < 4.78 is 5.41. The van der Waals surface area contributed by atoms with E-state index in [0.717, 1.165) is 31.0 Å². The minimum atomic E-state index is -0.478. The molecule has 0 radical (unpaired) electrons. The summed E-state index contributed by atoms with van der Waals surface area (Å²) in [4.78, 5) is 23.0. The van der Waals surface area contributed by atoms with Gasteiger partial charge in [0.05, 0.1) is 5.75 Å². The Morgan fingerprint density at radius 3 is 2.85 bits per heavy atom. The highest BCUT2D eigenvalue weighted by molar-refractivity contribution is 7.99. The second-order valence-electron chi connectivity index (χ2n) is 4.80. The van der Waals surface area contributed by atoms with Gasteiger partial charge in [-0.05, 0) is 26.2 Å². The predicted molar refractivity (Wildman–Crippen MR) is 73.4 cm³/mol. The molecule has 1 saturated carbocycles. The lowest BCUT2D eigenvalue weighted by Gasteiger charge is -2.11. The van der Waals surface area contributed by atoms with Crippen molar-refractivity contribution in [2.45, 2.75) is 50.3 Å². The smallest absolute Gasteiger partial charge is 0.321 e. The summed E-state index contributed by atoms with van der Waals surface area (Å²) in [5.74, 6) is 0.719. The monoisotopic (exact) mass is 298 g/mol. The number of urea groups is 1. The van der Waals surface area contributed by atoms with Crippen LogP contribution in [0.5, 0.6) is 0 Å². The van der Waals surface area contributed by atoms with Gasteiger partial charge in [-0.25, -0.2) is 4.79 Å². The lowest BCUT2D eigenvalue weighted by molar-refractivity contribution is -0.117. The van der Waals surface area contributed by atoms with Gasteiger partial charge in [0.1, 0.15) is 0 Å². The van der Waals surface area contributed by atoms with Gasteiger partial charge in [0, 0.05) is 12.0 Å². The number of nitrogens with one attached hydrogen (secondary N) is 2. The summed E-state index contributed by atoms with van der Waals surface area (Å²) in [5, 5.41) is 13.1. The predicted octanol–water partition coefficient (Wildman–Crippen LogP) is 1.66. The van der Waals surface area contributed by atoms with Crippen LogP contribution in [0, 0.1) is 0 Å². The zero-order valence-electron chi connectivity index (χ0n) is 11.5. The fourth-order valence-corrected chi connectivity index (χ4v) is 2.00. The number of rotatable bonds is 6. The molecule has 1 aliphatic carbocycles. The summed E-state index contributed by atoms with van der Waals surface area (Å²) in [7, 11) is 0. The number of thioether (sulfide) groups is 1. The first kappa shape index (κ1) is 14.8. The molecule has 1 fully saturated rings. The van der Waals surface area contributed by atoms with Crippen LogP contribution in [0.4, 0.5) is 4.79 Å². The maximum Gasteiger partial charge on any atom is 0.321 e. The Hall–Kier alpha value is -1.57. The lowest BCUT2D eigenvalue weighted by Crippen LogP contribution is -2.43. The molecular formula is C12H18N4O3S. The van der Waals surface area contributed by atoms with Gasteiger partial charge in [-0.3, -0.25) is 10.1 Å². The van der Waals surface area contributed by atoms with E-state index >= 15 is 0 Å². The van der Waals surface area contributed by atoms with Crippen LogP contribution < -0.4 is 10.6 Å². The molecule has 0 spiro atoms. The van der Waals surface area contributed by atoms with Crippen molar-refractivity contribution in [1.82, 2.24) is 20.8 Å². The molecule has 0 aromatic carbocycles. The van der Waals surface area contributed by atoms with E-state index in [0.29, 0.717) is 17.0 Å². The maximum atomic E-state index is 11.6. The van der Waals surface area contributed by atoms with E-state index in [1.807, 2.05) is 13.8 Å². The van der Waals surface area contributed by atoms with Crippen molar-refractivity contribution < 1.29 is 14.0 Å². The summed E-state index contributed by atoms with van der Waals surface area (Å²) in [6.07, 6.45) is 2.98. The third-order valence-corrected chi connectivity index (χ3v) is 3.74. The molecule has 3 amide bonds. The van der Waals surface area contributed by atoms with Crippen LogP contribution in [-0.2, 0) is 4.79 Å². The molecule has 1 aliphatic rings. The van der Waals surface area contributed by atoms with E-state index in [-0.39, 0.29) is 17.7 Å². The fraction of sp³-hybridized carbons (Fsp3) is 0.667. The minimum Gasteiger partial charge on any atom is -0.416 e. The largest absolute Gasteiger partial charge is 0.416 e. The van der Waals surface area contributed by atoms with E-state index < -0.39 is 6.03 Å². The normalized spacial score (nSPS) is 15.7. The Kier molecular flexibility index (Phi) is 4.99. The Bertz CT molecular complexity index is 487. The number of imide groups is 1. The lowest BCUT2D eigenvalue weighted by atomic mass is 10.3. The van der Waals surface area contributed by atoms with Crippen LogP contribution >= 0.6 is 11.8 Å². The first-order valence-corrected chi connectivity index (χ1v) is 7.63. The maximum absolute atomic E-state index is 11.6. The second-order valence-corrected chi connectivity index (χ2v) is 5.73. The first-order chi connectivity index (χ1) is 9.58. The molecule has 2 N–H and O–H groups in total. The summed E-state index contributed by atoms with van der Waals surface area (Å²) in [5.41, 5.74) is 0. The molecule has 1 atom stereocenters. The Labute approximate surface area is 121 Å². The summed E-state index contributed by atoms with van der Waals surface area (Å²) >= 11 is 1.13. The summed E-state index contributed by atoms with van der Waals surface area (Å²) in [6, 6.07) is -0.443. The quantitative estimate of drug-likeness (QED) is 0.775. The van der Waals surface area contributed by atoms with Crippen LogP contribution in [0.2, 0.25) is 0 Å². The van der Waals surface area contributed by atoms with E-state index in [2.05, 4.69) is 20.8 Å². The number of aromatic nitrogens is 2. The molecule has 0 saturated heterocycles. The number of amides is 3. The molecule has 7 nitrogen and oxygen atoms in total. The molecule has 110 valence electrons. The highest BCUT2D eigenvalue weighted by atomic mass is 32.2. The molecule has 1 heterocycles. The second kappa shape index (κ2) is 6.74. The number of carbonyl (C=O) groups excluding carboxylic acids is 2. The zero-order chi connectivity index (χ0) is 14.5. The van der Waals surface area contributed by atoms with Gasteiger partial charge in [-0.2, -0.15) is 0 Å². The standard InChI is InChI=1S/C12H18N4O3S/c1-3-7(2)13-11(18)14-9(17)6-20-12-16-15-10(19-12)8-4-5-8/h7-8H,3-6H2,1-2H3,(H2,13,14,17,18)/t7-/m1/s1. The van der Waals surface area contributed by atoms with Crippen molar-refractivity contribution >= 4 is 23.7 Å². The fourth-order valence-electron chi connectivity index (χ4n) is 1.43. The van der Waals surface area contributed by atoms with Gasteiger partial charge in [-0.1, -0.05) is 18.7 Å².